The van der Waals surface area contributed by atoms with Gasteiger partial charge in [-0.3, -0.25) is 0 Å². The molecule has 0 radical (unpaired) electrons. The lowest BCUT2D eigenvalue weighted by atomic mass is 10.1. The van der Waals surface area contributed by atoms with Crippen LogP contribution in [0.25, 0.3) is 0 Å². The number of carbonyl (C=O) groups is 2. The number of oxime groups is 1. The maximum absolute atomic E-state index is 12.9. The third kappa shape index (κ3) is 5.23. The summed E-state index contributed by atoms with van der Waals surface area (Å²) in [4.78, 5) is 33.6. The molecule has 1 aromatic heterocycles. The van der Waals surface area contributed by atoms with E-state index in [4.69, 9.17) is 24.8 Å². The molecule has 1 aliphatic rings. The number of ether oxygens (including phenoxy) is 3. The molecular weight excluding hydrogens is 426 g/mol. The van der Waals surface area contributed by atoms with Crippen LogP contribution < -0.4 is 15.2 Å². The van der Waals surface area contributed by atoms with Crippen molar-refractivity contribution in [2.45, 2.75) is 52.6 Å². The predicted molar refractivity (Wildman–Crippen MR) is 112 cm³/mol. The standard InChI is InChI=1S/C20H23N3O7S/c1-19(2,3)30-17(26)13-10(6-7-12-15(13)29-20(4,5)28-12)8-27-23-14(16(24)25)11-9-31-18(21)22-11/h6-7,9H,8H2,1-5H3,(H2,21,22)(H,24,25)/b23-14-. The number of rotatable bonds is 6. The van der Waals surface area contributed by atoms with Crippen LogP contribution in [0.3, 0.4) is 0 Å². The van der Waals surface area contributed by atoms with Gasteiger partial charge < -0.3 is 29.9 Å². The van der Waals surface area contributed by atoms with E-state index in [1.807, 2.05) is 0 Å². The molecule has 11 heteroatoms. The largest absolute Gasteiger partial charge is 0.476 e. The fourth-order valence-corrected chi connectivity index (χ4v) is 3.30. The molecule has 2 heterocycles. The molecule has 166 valence electrons. The smallest absolute Gasteiger partial charge is 0.360 e. The minimum Gasteiger partial charge on any atom is -0.476 e. The Morgan fingerprint density at radius 3 is 2.58 bits per heavy atom. The Morgan fingerprint density at radius 2 is 2.00 bits per heavy atom. The number of carboxylic acids is 1. The zero-order chi connectivity index (χ0) is 23.0. The van der Waals surface area contributed by atoms with Crippen LogP contribution in [-0.4, -0.2) is 39.1 Å². The Hall–Kier alpha value is -3.34. The number of aliphatic carboxylic acids is 1. The van der Waals surface area contributed by atoms with Gasteiger partial charge in [0.1, 0.15) is 23.5 Å². The Labute approximate surface area is 182 Å². The Balaban J connectivity index is 1.92. The lowest BCUT2D eigenvalue weighted by molar-refractivity contribution is -0.129. The van der Waals surface area contributed by atoms with Gasteiger partial charge in [-0.05, 0) is 26.8 Å². The molecule has 10 nitrogen and oxygen atoms in total. The molecule has 2 aromatic rings. The molecule has 0 unspecified atom stereocenters. The summed E-state index contributed by atoms with van der Waals surface area (Å²) in [5.74, 6) is -2.29. The number of nitrogens with two attached hydrogens (primary N) is 1. The third-order valence-corrected chi connectivity index (χ3v) is 4.53. The van der Waals surface area contributed by atoms with Gasteiger partial charge in [0.05, 0.1) is 0 Å². The van der Waals surface area contributed by atoms with Crippen LogP contribution in [0.5, 0.6) is 11.5 Å². The number of esters is 1. The van der Waals surface area contributed by atoms with Gasteiger partial charge in [0, 0.05) is 24.8 Å². The Kier molecular flexibility index (Phi) is 5.81. The number of hydrogen-bond acceptors (Lipinski definition) is 10. The van der Waals surface area contributed by atoms with Crippen LogP contribution in [-0.2, 0) is 21.0 Å². The van der Waals surface area contributed by atoms with Crippen molar-refractivity contribution >= 4 is 34.1 Å². The van der Waals surface area contributed by atoms with Crippen molar-refractivity contribution in [3.8, 4) is 11.5 Å². The van der Waals surface area contributed by atoms with Crippen molar-refractivity contribution in [3.05, 3.63) is 34.3 Å². The first-order valence-corrected chi connectivity index (χ1v) is 10.2. The van der Waals surface area contributed by atoms with E-state index < -0.39 is 29.0 Å². The normalized spacial score (nSPS) is 14.9. The van der Waals surface area contributed by atoms with Crippen molar-refractivity contribution in [1.29, 1.82) is 0 Å². The van der Waals surface area contributed by atoms with E-state index in [1.165, 1.54) is 5.38 Å². The molecule has 1 aromatic carbocycles. The number of nitrogen functional groups attached to an aromatic ring is 1. The summed E-state index contributed by atoms with van der Waals surface area (Å²) in [6, 6.07) is 3.25. The summed E-state index contributed by atoms with van der Waals surface area (Å²) >= 11 is 1.08. The molecular formula is C20H23N3O7S. The molecule has 0 aliphatic carbocycles. The van der Waals surface area contributed by atoms with Crippen molar-refractivity contribution in [3.63, 3.8) is 0 Å². The van der Waals surface area contributed by atoms with Crippen molar-refractivity contribution < 1.29 is 33.7 Å². The van der Waals surface area contributed by atoms with Crippen LogP contribution in [0.15, 0.2) is 22.7 Å². The van der Waals surface area contributed by atoms with Gasteiger partial charge in [-0.15, -0.1) is 11.3 Å². The van der Waals surface area contributed by atoms with Gasteiger partial charge in [0.15, 0.2) is 16.6 Å². The number of carboxylic acid groups (broad SMARTS) is 1. The lowest BCUT2D eigenvalue weighted by Crippen LogP contribution is -2.30. The molecule has 0 amide bonds. The van der Waals surface area contributed by atoms with Gasteiger partial charge in [-0.2, -0.15) is 0 Å². The summed E-state index contributed by atoms with van der Waals surface area (Å²) in [6.07, 6.45) is 0. The highest BCUT2D eigenvalue weighted by Gasteiger charge is 2.37. The van der Waals surface area contributed by atoms with Crippen LogP contribution in [0.4, 0.5) is 5.13 Å². The quantitative estimate of drug-likeness (QED) is 0.386. The highest BCUT2D eigenvalue weighted by Crippen LogP contribution is 2.44. The lowest BCUT2D eigenvalue weighted by Gasteiger charge is -2.21. The summed E-state index contributed by atoms with van der Waals surface area (Å²) < 4.78 is 17.0. The number of thiazole rings is 1. The molecule has 3 N–H and O–H groups in total. The molecule has 0 atom stereocenters. The number of nitrogens with zero attached hydrogens (tertiary/aromatic N) is 2. The number of carbonyl (C=O) groups excluding carboxylic acids is 1. The average Bonchev–Trinajstić information content (AvgIpc) is 3.17. The second kappa shape index (κ2) is 8.06. The Bertz CT molecular complexity index is 1050. The minimum absolute atomic E-state index is 0.0785. The summed E-state index contributed by atoms with van der Waals surface area (Å²) in [5.41, 5.74) is 5.00. The van der Waals surface area contributed by atoms with Crippen LogP contribution in [0.1, 0.15) is 56.2 Å². The number of fused-ring (bicyclic) bond motifs is 1. The predicted octanol–water partition coefficient (Wildman–Crippen LogP) is 3.19. The molecule has 0 saturated heterocycles. The second-order valence-corrected chi connectivity index (χ2v) is 9.01. The second-order valence-electron chi connectivity index (χ2n) is 8.12. The van der Waals surface area contributed by atoms with Crippen molar-refractivity contribution in [2.24, 2.45) is 5.16 Å². The number of aromatic nitrogens is 1. The van der Waals surface area contributed by atoms with Crippen molar-refractivity contribution in [2.75, 3.05) is 5.73 Å². The van der Waals surface area contributed by atoms with Gasteiger partial charge in [-0.25, -0.2) is 14.6 Å². The zero-order valence-corrected chi connectivity index (χ0v) is 18.5. The van der Waals surface area contributed by atoms with E-state index in [9.17, 15) is 14.7 Å². The Morgan fingerprint density at radius 1 is 1.29 bits per heavy atom. The topological polar surface area (TPSA) is 143 Å². The monoisotopic (exact) mass is 449 g/mol. The molecule has 0 bridgehead atoms. The van der Waals surface area contributed by atoms with E-state index in [-0.39, 0.29) is 28.7 Å². The fraction of sp³-hybridized carbons (Fsp3) is 0.400. The molecule has 1 aliphatic heterocycles. The summed E-state index contributed by atoms with van der Waals surface area (Å²) in [5, 5.41) is 14.7. The van der Waals surface area contributed by atoms with Gasteiger partial charge in [-0.1, -0.05) is 11.2 Å². The third-order valence-electron chi connectivity index (χ3n) is 3.86. The maximum Gasteiger partial charge on any atom is 0.360 e. The molecule has 31 heavy (non-hydrogen) atoms. The van der Waals surface area contributed by atoms with Gasteiger partial charge in [0.2, 0.25) is 11.5 Å². The van der Waals surface area contributed by atoms with E-state index in [0.29, 0.717) is 11.3 Å². The summed E-state index contributed by atoms with van der Waals surface area (Å²) in [7, 11) is 0. The fourth-order valence-electron chi connectivity index (χ4n) is 2.75. The highest BCUT2D eigenvalue weighted by molar-refractivity contribution is 7.13. The average molecular weight is 449 g/mol. The van der Waals surface area contributed by atoms with E-state index in [2.05, 4.69) is 10.1 Å². The first-order chi connectivity index (χ1) is 14.4. The first-order valence-electron chi connectivity index (χ1n) is 9.28. The van der Waals surface area contributed by atoms with Gasteiger partial charge in [0.25, 0.3) is 0 Å². The molecule has 0 fully saturated rings. The molecule has 0 spiro atoms. The number of hydrogen-bond donors (Lipinski definition) is 2. The molecule has 0 saturated carbocycles. The summed E-state index contributed by atoms with van der Waals surface area (Å²) in [6.45, 7) is 8.44. The van der Waals surface area contributed by atoms with Crippen molar-refractivity contribution in [1.82, 2.24) is 4.98 Å². The number of benzene rings is 1. The maximum atomic E-state index is 12.9. The highest BCUT2D eigenvalue weighted by atomic mass is 32.1. The van der Waals surface area contributed by atoms with Gasteiger partial charge >= 0.3 is 11.9 Å². The minimum atomic E-state index is -1.33. The van der Waals surface area contributed by atoms with Crippen LogP contribution in [0.2, 0.25) is 0 Å². The SMILES string of the molecule is CC(C)(C)OC(=O)c1c(CO/N=C(\C(=O)O)c2csc(N)n2)ccc2c1OC(C)(C)O2. The van der Waals surface area contributed by atoms with Crippen LogP contribution >= 0.6 is 11.3 Å². The number of anilines is 1. The zero-order valence-electron chi connectivity index (χ0n) is 17.7. The van der Waals surface area contributed by atoms with E-state index in [0.717, 1.165) is 11.3 Å². The van der Waals surface area contributed by atoms with E-state index >= 15 is 0 Å². The first kappa shape index (κ1) is 22.3. The molecule has 3 rings (SSSR count). The van der Waals surface area contributed by atoms with E-state index in [1.54, 1.807) is 46.8 Å². The van der Waals surface area contributed by atoms with Crippen LogP contribution in [0, 0.1) is 0 Å².